The minimum Gasteiger partial charge on any atom is -0.479 e. The minimum atomic E-state index is -1.22. The van der Waals surface area contributed by atoms with Gasteiger partial charge < -0.3 is 20.3 Å². The normalized spacial score (nSPS) is 10.5. The molecule has 8 nitrogen and oxygen atoms in total. The smallest absolute Gasteiger partial charge is 0.349 e. The number of urea groups is 1. The van der Waals surface area contributed by atoms with Gasteiger partial charge in [-0.25, -0.2) is 14.4 Å². The highest BCUT2D eigenvalue weighted by Crippen LogP contribution is 2.46. The average molecular weight is 533 g/mol. The highest BCUT2D eigenvalue weighted by Gasteiger charge is 2.25. The van der Waals surface area contributed by atoms with Gasteiger partial charge in [-0.3, -0.25) is 4.90 Å². The van der Waals surface area contributed by atoms with Crippen LogP contribution >= 0.6 is 27.3 Å². The van der Waals surface area contributed by atoms with E-state index < -0.39 is 18.5 Å². The molecule has 0 saturated heterocycles. The number of ether oxygens (including phenoxy) is 1. The van der Waals surface area contributed by atoms with E-state index in [1.54, 1.807) is 29.2 Å². The molecule has 0 saturated carbocycles. The topological polar surface area (TPSA) is 116 Å². The molecule has 3 N–H and O–H groups in total. The molecule has 0 atom stereocenters. The quantitative estimate of drug-likeness (QED) is 0.354. The predicted octanol–water partition coefficient (Wildman–Crippen LogP) is 5.08. The number of aliphatic carboxylic acids is 1. The summed E-state index contributed by atoms with van der Waals surface area (Å²) in [5, 5.41) is 21.3. The van der Waals surface area contributed by atoms with Crippen LogP contribution in [0, 0.1) is 0 Å². The summed E-state index contributed by atoms with van der Waals surface area (Å²) in [6.07, 6.45) is 0. The van der Waals surface area contributed by atoms with Crippen LogP contribution in [0.3, 0.4) is 0 Å². The second-order valence-electron chi connectivity index (χ2n) is 6.83. The lowest BCUT2D eigenvalue weighted by atomic mass is 10.1. The van der Waals surface area contributed by atoms with E-state index in [0.717, 1.165) is 16.9 Å². The molecule has 0 fully saturated rings. The summed E-state index contributed by atoms with van der Waals surface area (Å²) in [4.78, 5) is 37.4. The molecule has 0 aliphatic rings. The third-order valence-electron chi connectivity index (χ3n) is 4.61. The number of nitrogens with one attached hydrogen (secondary N) is 1. The number of hydrogen-bond donors (Lipinski definition) is 3. The number of aromatic carboxylic acids is 1. The summed E-state index contributed by atoms with van der Waals surface area (Å²) < 4.78 is 5.56. The Kier molecular flexibility index (Phi) is 8.07. The van der Waals surface area contributed by atoms with E-state index in [1.807, 2.05) is 37.3 Å². The molecule has 3 rings (SSSR count). The van der Waals surface area contributed by atoms with Gasteiger partial charge in [-0.1, -0.05) is 42.5 Å². The van der Waals surface area contributed by atoms with Crippen LogP contribution in [0.15, 0.2) is 59.1 Å². The van der Waals surface area contributed by atoms with Crippen molar-refractivity contribution < 1.29 is 29.3 Å². The number of benzene rings is 2. The van der Waals surface area contributed by atoms with Crippen LogP contribution in [0.25, 0.3) is 10.4 Å². The van der Waals surface area contributed by atoms with Gasteiger partial charge in [-0.05, 0) is 46.1 Å². The molecule has 0 unspecified atom stereocenters. The maximum absolute atomic E-state index is 12.8. The predicted molar refractivity (Wildman–Crippen MR) is 129 cm³/mol. The zero-order valence-corrected chi connectivity index (χ0v) is 20.0. The van der Waals surface area contributed by atoms with E-state index in [0.29, 0.717) is 33.7 Å². The Hall–Kier alpha value is -3.37. The molecule has 0 aliphatic carbocycles. The standard InChI is InChI=1S/C23H21BrN2O6S/c1-2-26(23(31)25-12-14-7-4-3-5-8-14)16-10-6-9-15(11-16)20-18(24)19(32-13-17(27)28)21(33-20)22(29)30/h3-11H,2,12-13H2,1H3,(H,25,31)(H,27,28)(H,29,30). The Morgan fingerprint density at radius 2 is 1.82 bits per heavy atom. The van der Waals surface area contributed by atoms with Crippen LogP contribution in [0.4, 0.5) is 10.5 Å². The van der Waals surface area contributed by atoms with Gasteiger partial charge in [-0.15, -0.1) is 11.3 Å². The molecular weight excluding hydrogens is 512 g/mol. The number of hydrogen-bond acceptors (Lipinski definition) is 5. The molecule has 0 aliphatic heterocycles. The molecule has 10 heteroatoms. The summed E-state index contributed by atoms with van der Waals surface area (Å²) in [6, 6.07) is 16.4. The van der Waals surface area contributed by atoms with Gasteiger partial charge in [0.1, 0.15) is 0 Å². The number of rotatable bonds is 9. The Balaban J connectivity index is 1.87. The molecule has 1 heterocycles. The fraction of sp³-hybridized carbons (Fsp3) is 0.174. The largest absolute Gasteiger partial charge is 0.479 e. The van der Waals surface area contributed by atoms with Crippen molar-refractivity contribution in [3.05, 3.63) is 69.5 Å². The van der Waals surface area contributed by atoms with Gasteiger partial charge in [0.25, 0.3) is 0 Å². The third-order valence-corrected chi connectivity index (χ3v) is 6.84. The average Bonchev–Trinajstić information content (AvgIpc) is 3.14. The first-order chi connectivity index (χ1) is 15.8. The molecule has 1 aromatic heterocycles. The lowest BCUT2D eigenvalue weighted by Gasteiger charge is -2.22. The zero-order valence-electron chi connectivity index (χ0n) is 17.6. The Bertz CT molecular complexity index is 1170. The highest BCUT2D eigenvalue weighted by molar-refractivity contribution is 9.10. The van der Waals surface area contributed by atoms with Crippen LogP contribution in [-0.4, -0.2) is 41.3 Å². The maximum Gasteiger partial charge on any atom is 0.349 e. The Morgan fingerprint density at radius 1 is 1.09 bits per heavy atom. The maximum atomic E-state index is 12.8. The van der Waals surface area contributed by atoms with Crippen LogP contribution in [0.2, 0.25) is 0 Å². The highest BCUT2D eigenvalue weighted by atomic mass is 79.9. The van der Waals surface area contributed by atoms with Crippen LogP contribution < -0.4 is 15.0 Å². The molecule has 3 aromatic rings. The van der Waals surface area contributed by atoms with Crippen molar-refractivity contribution >= 4 is 50.9 Å². The molecule has 2 amide bonds. The molecule has 0 bridgehead atoms. The summed E-state index contributed by atoms with van der Waals surface area (Å²) >= 11 is 4.31. The van der Waals surface area contributed by atoms with E-state index in [4.69, 9.17) is 9.84 Å². The summed E-state index contributed by atoms with van der Waals surface area (Å²) in [7, 11) is 0. The van der Waals surface area contributed by atoms with Gasteiger partial charge in [-0.2, -0.15) is 0 Å². The molecule has 0 radical (unpaired) electrons. The number of anilines is 1. The lowest BCUT2D eigenvalue weighted by Crippen LogP contribution is -2.39. The van der Waals surface area contributed by atoms with E-state index in [2.05, 4.69) is 21.2 Å². The number of carboxylic acids is 2. The fourth-order valence-electron chi connectivity index (χ4n) is 3.11. The molecular formula is C23H21BrN2O6S. The first-order valence-electron chi connectivity index (χ1n) is 9.91. The van der Waals surface area contributed by atoms with E-state index in [-0.39, 0.29) is 16.7 Å². The SMILES string of the molecule is CCN(C(=O)NCc1ccccc1)c1cccc(-c2sc(C(=O)O)c(OCC(=O)O)c2Br)c1. The van der Waals surface area contributed by atoms with Crippen LogP contribution in [-0.2, 0) is 11.3 Å². The van der Waals surface area contributed by atoms with Gasteiger partial charge in [0.15, 0.2) is 17.2 Å². The minimum absolute atomic E-state index is 0.0387. The molecule has 0 spiro atoms. The number of halogens is 1. The fourth-order valence-corrected chi connectivity index (χ4v) is 5.00. The van der Waals surface area contributed by atoms with Crippen molar-refractivity contribution in [1.29, 1.82) is 0 Å². The van der Waals surface area contributed by atoms with E-state index >= 15 is 0 Å². The summed E-state index contributed by atoms with van der Waals surface area (Å²) in [6.45, 7) is 2.00. The number of nitrogens with zero attached hydrogens (tertiary/aromatic N) is 1. The Morgan fingerprint density at radius 3 is 2.45 bits per heavy atom. The first kappa shape index (κ1) is 24.3. The lowest BCUT2D eigenvalue weighted by molar-refractivity contribution is -0.139. The molecule has 33 heavy (non-hydrogen) atoms. The molecule has 2 aromatic carbocycles. The van der Waals surface area contributed by atoms with Crippen LogP contribution in [0.5, 0.6) is 5.75 Å². The van der Waals surface area contributed by atoms with Crippen molar-refractivity contribution in [3.8, 4) is 16.2 Å². The van der Waals surface area contributed by atoms with E-state index in [9.17, 15) is 19.5 Å². The van der Waals surface area contributed by atoms with Crippen molar-refractivity contribution in [2.24, 2.45) is 0 Å². The first-order valence-corrected chi connectivity index (χ1v) is 11.5. The van der Waals surface area contributed by atoms with Crippen molar-refractivity contribution in [1.82, 2.24) is 5.32 Å². The van der Waals surface area contributed by atoms with Crippen molar-refractivity contribution in [3.63, 3.8) is 0 Å². The number of amides is 2. The summed E-state index contributed by atoms with van der Waals surface area (Å²) in [5.74, 6) is -2.48. The zero-order chi connectivity index (χ0) is 24.0. The van der Waals surface area contributed by atoms with Gasteiger partial charge in [0.2, 0.25) is 0 Å². The van der Waals surface area contributed by atoms with Gasteiger partial charge in [0.05, 0.1) is 9.35 Å². The van der Waals surface area contributed by atoms with Crippen LogP contribution in [0.1, 0.15) is 22.2 Å². The summed E-state index contributed by atoms with van der Waals surface area (Å²) in [5.41, 5.74) is 2.27. The Labute approximate surface area is 202 Å². The number of carbonyl (C=O) groups excluding carboxylic acids is 1. The molecule has 172 valence electrons. The second kappa shape index (κ2) is 11.0. The van der Waals surface area contributed by atoms with Crippen molar-refractivity contribution in [2.75, 3.05) is 18.1 Å². The van der Waals surface area contributed by atoms with Gasteiger partial charge in [0, 0.05) is 18.8 Å². The number of thiophene rings is 1. The monoisotopic (exact) mass is 532 g/mol. The van der Waals surface area contributed by atoms with E-state index in [1.165, 1.54) is 0 Å². The number of carbonyl (C=O) groups is 3. The van der Waals surface area contributed by atoms with Crippen molar-refractivity contribution in [2.45, 2.75) is 13.5 Å². The second-order valence-corrected chi connectivity index (χ2v) is 8.64. The number of carboxylic acid groups (broad SMARTS) is 2. The third kappa shape index (κ3) is 5.91. The van der Waals surface area contributed by atoms with Gasteiger partial charge >= 0.3 is 18.0 Å².